The van der Waals surface area contributed by atoms with Crippen molar-refractivity contribution in [1.82, 2.24) is 20.1 Å². The van der Waals surface area contributed by atoms with E-state index in [1.54, 1.807) is 20.5 Å². The van der Waals surface area contributed by atoms with Gasteiger partial charge >= 0.3 is 0 Å². The molecule has 0 radical (unpaired) electrons. The van der Waals surface area contributed by atoms with Crippen molar-refractivity contribution in [2.75, 3.05) is 14.2 Å². The normalized spacial score (nSPS) is 10.9. The Labute approximate surface area is 158 Å². The van der Waals surface area contributed by atoms with Gasteiger partial charge in [0, 0.05) is 6.54 Å². The van der Waals surface area contributed by atoms with Gasteiger partial charge in [-0.2, -0.15) is 0 Å². The Balaban J connectivity index is 0.00000288. The molecule has 0 fully saturated rings. The van der Waals surface area contributed by atoms with Gasteiger partial charge in [0.15, 0.2) is 23.3 Å². The molecule has 1 aromatic carbocycles. The summed E-state index contributed by atoms with van der Waals surface area (Å²) in [5.41, 5.74) is 6.86. The lowest BCUT2D eigenvalue weighted by molar-refractivity contribution is 0.354. The van der Waals surface area contributed by atoms with Crippen LogP contribution in [0.2, 0.25) is 0 Å². The Hall–Kier alpha value is -2.04. The van der Waals surface area contributed by atoms with Crippen LogP contribution in [0.15, 0.2) is 29.5 Å². The van der Waals surface area contributed by atoms with Gasteiger partial charge in [-0.1, -0.05) is 6.07 Å². The second-order valence-electron chi connectivity index (χ2n) is 4.78. The van der Waals surface area contributed by atoms with Gasteiger partial charge in [0.1, 0.15) is 6.33 Å². The minimum Gasteiger partial charge on any atom is -0.493 e. The summed E-state index contributed by atoms with van der Waals surface area (Å²) < 4.78 is 12.4. The van der Waals surface area contributed by atoms with E-state index in [1.807, 2.05) is 29.7 Å². The Morgan fingerprint density at radius 3 is 2.71 bits per heavy atom. The van der Waals surface area contributed by atoms with Gasteiger partial charge in [0.05, 0.1) is 27.3 Å². The lowest BCUT2D eigenvalue weighted by Gasteiger charge is -2.09. The molecule has 0 spiro atoms. The van der Waals surface area contributed by atoms with Gasteiger partial charge in [-0.3, -0.25) is 0 Å². The molecule has 0 aliphatic heterocycles. The number of methoxy groups -OCH3 is 2. The number of aliphatic imine (C=N–C) groups is 1. The monoisotopic (exact) mass is 446 g/mol. The van der Waals surface area contributed by atoms with Gasteiger partial charge in [0.2, 0.25) is 0 Å². The first-order valence-corrected chi connectivity index (χ1v) is 7.29. The average molecular weight is 446 g/mol. The molecule has 0 amide bonds. The maximum atomic E-state index is 5.88. The number of guanidine groups is 1. The molecule has 24 heavy (non-hydrogen) atoms. The highest BCUT2D eigenvalue weighted by molar-refractivity contribution is 14.0. The third kappa shape index (κ3) is 5.25. The van der Waals surface area contributed by atoms with E-state index in [0.29, 0.717) is 30.5 Å². The fourth-order valence-corrected chi connectivity index (χ4v) is 2.06. The third-order valence-corrected chi connectivity index (χ3v) is 3.34. The smallest absolute Gasteiger partial charge is 0.189 e. The first kappa shape index (κ1) is 20.0. The van der Waals surface area contributed by atoms with Crippen LogP contribution in [0.1, 0.15) is 18.3 Å². The molecule has 132 valence electrons. The van der Waals surface area contributed by atoms with Crippen molar-refractivity contribution in [1.29, 1.82) is 0 Å². The lowest BCUT2D eigenvalue weighted by Crippen LogP contribution is -2.32. The molecule has 0 saturated carbocycles. The van der Waals surface area contributed by atoms with E-state index in [9.17, 15) is 0 Å². The summed E-state index contributed by atoms with van der Waals surface area (Å²) in [5.74, 6) is 2.52. The van der Waals surface area contributed by atoms with Crippen LogP contribution in [-0.4, -0.2) is 34.9 Å². The fourth-order valence-electron chi connectivity index (χ4n) is 2.06. The van der Waals surface area contributed by atoms with Crippen molar-refractivity contribution in [3.8, 4) is 11.5 Å². The third-order valence-electron chi connectivity index (χ3n) is 3.34. The number of hydrogen-bond acceptors (Lipinski definition) is 5. The van der Waals surface area contributed by atoms with Crippen molar-refractivity contribution < 1.29 is 9.47 Å². The molecular formula is C15H23IN6O2. The zero-order chi connectivity index (χ0) is 16.7. The number of nitrogens with zero attached hydrogens (tertiary/aromatic N) is 4. The number of ether oxygens (including phenoxy) is 2. The highest BCUT2D eigenvalue weighted by atomic mass is 127. The molecule has 1 heterocycles. The number of nitrogens with one attached hydrogen (secondary N) is 1. The zero-order valence-corrected chi connectivity index (χ0v) is 16.4. The quantitative estimate of drug-likeness (QED) is 0.380. The SMILES string of the molecule is CCn1cnnc1CNC(N)=NCc1ccc(OC)c(OC)c1.I. The molecule has 2 rings (SSSR count). The van der Waals surface area contributed by atoms with Crippen LogP contribution >= 0.6 is 24.0 Å². The topological polar surface area (TPSA) is 99.6 Å². The molecule has 8 nitrogen and oxygen atoms in total. The predicted octanol–water partition coefficient (Wildman–Crippen LogP) is 1.54. The average Bonchev–Trinajstić information content (AvgIpc) is 3.05. The van der Waals surface area contributed by atoms with Crippen LogP contribution in [0.3, 0.4) is 0 Å². The number of benzene rings is 1. The van der Waals surface area contributed by atoms with Crippen molar-refractivity contribution in [2.45, 2.75) is 26.6 Å². The van der Waals surface area contributed by atoms with Gasteiger partial charge in [0.25, 0.3) is 0 Å². The number of aryl methyl sites for hydroxylation is 1. The van der Waals surface area contributed by atoms with Crippen LogP contribution in [0.25, 0.3) is 0 Å². The fraction of sp³-hybridized carbons (Fsp3) is 0.400. The lowest BCUT2D eigenvalue weighted by atomic mass is 10.2. The van der Waals surface area contributed by atoms with E-state index in [1.165, 1.54) is 0 Å². The molecule has 0 saturated heterocycles. The zero-order valence-electron chi connectivity index (χ0n) is 14.0. The minimum atomic E-state index is 0. The summed E-state index contributed by atoms with van der Waals surface area (Å²) in [4.78, 5) is 4.31. The summed E-state index contributed by atoms with van der Waals surface area (Å²) in [6, 6.07) is 5.65. The Bertz CT molecular complexity index is 674. The summed E-state index contributed by atoms with van der Waals surface area (Å²) in [6.07, 6.45) is 1.69. The van der Waals surface area contributed by atoms with Crippen molar-refractivity contribution in [3.63, 3.8) is 0 Å². The maximum absolute atomic E-state index is 5.88. The van der Waals surface area contributed by atoms with Gasteiger partial charge < -0.3 is 25.1 Å². The minimum absolute atomic E-state index is 0. The molecule has 0 atom stereocenters. The maximum Gasteiger partial charge on any atom is 0.189 e. The molecule has 0 aliphatic carbocycles. The first-order valence-electron chi connectivity index (χ1n) is 7.29. The molecule has 0 unspecified atom stereocenters. The standard InChI is InChI=1S/C15H22N6O2.HI/c1-4-21-10-19-20-14(21)9-18-15(16)17-8-11-5-6-12(22-2)13(7-11)23-3;/h5-7,10H,4,8-9H2,1-3H3,(H3,16,17,18);1H. The molecule has 1 aromatic heterocycles. The Morgan fingerprint density at radius 1 is 1.29 bits per heavy atom. The van der Waals surface area contributed by atoms with Crippen LogP contribution in [-0.2, 0) is 19.6 Å². The van der Waals surface area contributed by atoms with Crippen LogP contribution < -0.4 is 20.5 Å². The van der Waals surface area contributed by atoms with Gasteiger partial charge in [-0.05, 0) is 24.6 Å². The second kappa shape index (κ2) is 9.96. The number of hydrogen-bond donors (Lipinski definition) is 2. The molecule has 2 aromatic rings. The predicted molar refractivity (Wildman–Crippen MR) is 103 cm³/mol. The number of rotatable bonds is 7. The van der Waals surface area contributed by atoms with E-state index in [2.05, 4.69) is 20.5 Å². The highest BCUT2D eigenvalue weighted by Gasteiger charge is 2.05. The van der Waals surface area contributed by atoms with Crippen LogP contribution in [0, 0.1) is 0 Å². The molecule has 3 N–H and O–H groups in total. The van der Waals surface area contributed by atoms with E-state index in [4.69, 9.17) is 15.2 Å². The second-order valence-corrected chi connectivity index (χ2v) is 4.78. The van der Waals surface area contributed by atoms with E-state index in [0.717, 1.165) is 17.9 Å². The number of aromatic nitrogens is 3. The first-order chi connectivity index (χ1) is 11.2. The van der Waals surface area contributed by atoms with Gasteiger partial charge in [-0.15, -0.1) is 34.2 Å². The molecule has 9 heteroatoms. The van der Waals surface area contributed by atoms with Crippen molar-refractivity contribution >= 4 is 29.9 Å². The molecule has 0 bridgehead atoms. The Morgan fingerprint density at radius 2 is 2.04 bits per heavy atom. The van der Waals surface area contributed by atoms with Crippen LogP contribution in [0.5, 0.6) is 11.5 Å². The summed E-state index contributed by atoms with van der Waals surface area (Å²) in [5, 5.41) is 10.9. The molecule has 0 aliphatic rings. The highest BCUT2D eigenvalue weighted by Crippen LogP contribution is 2.27. The van der Waals surface area contributed by atoms with E-state index < -0.39 is 0 Å². The Kier molecular flexibility index (Phi) is 8.30. The molecular weight excluding hydrogens is 423 g/mol. The number of halogens is 1. The van der Waals surface area contributed by atoms with E-state index >= 15 is 0 Å². The van der Waals surface area contributed by atoms with Crippen molar-refractivity contribution in [2.24, 2.45) is 10.7 Å². The van der Waals surface area contributed by atoms with Crippen molar-refractivity contribution in [3.05, 3.63) is 35.9 Å². The largest absolute Gasteiger partial charge is 0.493 e. The van der Waals surface area contributed by atoms with Crippen LogP contribution in [0.4, 0.5) is 0 Å². The number of nitrogens with two attached hydrogens (primary N) is 1. The van der Waals surface area contributed by atoms with Gasteiger partial charge in [-0.25, -0.2) is 4.99 Å². The summed E-state index contributed by atoms with van der Waals surface area (Å²) >= 11 is 0. The van der Waals surface area contributed by atoms with E-state index in [-0.39, 0.29) is 24.0 Å². The summed E-state index contributed by atoms with van der Waals surface area (Å²) in [6.45, 7) is 3.77. The summed E-state index contributed by atoms with van der Waals surface area (Å²) in [7, 11) is 3.21.